The van der Waals surface area contributed by atoms with Crippen molar-refractivity contribution in [2.75, 3.05) is 11.9 Å². The van der Waals surface area contributed by atoms with Crippen LogP contribution in [-0.2, 0) is 9.59 Å². The summed E-state index contributed by atoms with van der Waals surface area (Å²) in [5.74, 6) is -0.937. The third kappa shape index (κ3) is 3.37. The van der Waals surface area contributed by atoms with Crippen LogP contribution in [0.25, 0.3) is 0 Å². The number of carbonyl (C=O) groups excluding carboxylic acids is 2. The number of nitrogens with zero attached hydrogens (tertiary/aromatic N) is 1. The number of hydrogen-bond acceptors (Lipinski definition) is 2. The minimum atomic E-state index is -0.536. The summed E-state index contributed by atoms with van der Waals surface area (Å²) in [5, 5.41) is 2.75. The molecule has 1 aromatic rings. The van der Waals surface area contributed by atoms with Gasteiger partial charge in [-0.05, 0) is 60.8 Å². The van der Waals surface area contributed by atoms with E-state index >= 15 is 0 Å². The molecule has 2 unspecified atom stereocenters. The van der Waals surface area contributed by atoms with Gasteiger partial charge in [0.25, 0.3) is 0 Å². The van der Waals surface area contributed by atoms with E-state index in [1.165, 1.54) is 0 Å². The highest BCUT2D eigenvalue weighted by Crippen LogP contribution is 2.52. The molecule has 1 aromatic carbocycles. The number of amides is 2. The van der Waals surface area contributed by atoms with Crippen LogP contribution in [0.4, 0.5) is 5.69 Å². The molecule has 0 radical (unpaired) electrons. The lowest BCUT2D eigenvalue weighted by Gasteiger charge is -2.39. The predicted molar refractivity (Wildman–Crippen MR) is 98.7 cm³/mol. The predicted octanol–water partition coefficient (Wildman–Crippen LogP) is 4.12. The van der Waals surface area contributed by atoms with Crippen LogP contribution in [-0.4, -0.2) is 29.3 Å². The summed E-state index contributed by atoms with van der Waals surface area (Å²) in [7, 11) is 0. The van der Waals surface area contributed by atoms with Gasteiger partial charge < -0.3 is 10.2 Å². The largest absolute Gasteiger partial charge is 0.331 e. The molecular formula is C19H25BrN2O2. The molecule has 24 heavy (non-hydrogen) atoms. The maximum absolute atomic E-state index is 12.7. The van der Waals surface area contributed by atoms with Crippen molar-refractivity contribution in [3.8, 4) is 0 Å². The van der Waals surface area contributed by atoms with Gasteiger partial charge in [0.15, 0.2) is 0 Å². The molecule has 1 heterocycles. The molecule has 1 aliphatic heterocycles. The highest BCUT2D eigenvalue weighted by atomic mass is 79.9. The molecule has 130 valence electrons. The van der Waals surface area contributed by atoms with Gasteiger partial charge in [0.2, 0.25) is 0 Å². The van der Waals surface area contributed by atoms with E-state index in [1.54, 1.807) is 11.0 Å². The monoisotopic (exact) mass is 392 g/mol. The van der Waals surface area contributed by atoms with E-state index in [4.69, 9.17) is 0 Å². The molecule has 2 fully saturated rings. The highest BCUT2D eigenvalue weighted by molar-refractivity contribution is 9.10. The van der Waals surface area contributed by atoms with Crippen molar-refractivity contribution in [3.05, 3.63) is 28.2 Å². The Labute approximate surface area is 152 Å². The minimum absolute atomic E-state index is 0.135. The molecule has 1 N–H and O–H groups in total. The molecule has 0 spiro atoms. The van der Waals surface area contributed by atoms with Crippen molar-refractivity contribution in [1.82, 2.24) is 4.90 Å². The molecule has 2 aliphatic rings. The molecule has 1 aliphatic carbocycles. The van der Waals surface area contributed by atoms with Crippen LogP contribution >= 0.6 is 15.9 Å². The zero-order valence-electron chi connectivity index (χ0n) is 14.8. The Hall–Kier alpha value is -1.36. The first-order valence-electron chi connectivity index (χ1n) is 8.47. The van der Waals surface area contributed by atoms with Crippen molar-refractivity contribution in [2.45, 2.75) is 53.0 Å². The smallest absolute Gasteiger partial charge is 0.313 e. The lowest BCUT2D eigenvalue weighted by molar-refractivity contribution is -0.144. The number of aryl methyl sites for hydroxylation is 1. The number of rotatable bonds is 1. The average molecular weight is 393 g/mol. The van der Waals surface area contributed by atoms with Crippen LogP contribution in [0.5, 0.6) is 0 Å². The van der Waals surface area contributed by atoms with Gasteiger partial charge in [-0.1, -0.05) is 36.7 Å². The second kappa shape index (κ2) is 5.87. The number of carbonyl (C=O) groups is 2. The summed E-state index contributed by atoms with van der Waals surface area (Å²) in [4.78, 5) is 26.9. The maximum atomic E-state index is 12.7. The normalized spacial score (nSPS) is 27.9. The van der Waals surface area contributed by atoms with Gasteiger partial charge in [-0.25, -0.2) is 0 Å². The molecule has 0 aromatic heterocycles. The highest BCUT2D eigenvalue weighted by Gasteiger charge is 2.51. The van der Waals surface area contributed by atoms with E-state index in [2.05, 4.69) is 42.0 Å². The first kappa shape index (κ1) is 17.5. The number of hydrogen-bond donors (Lipinski definition) is 1. The van der Waals surface area contributed by atoms with Crippen molar-refractivity contribution in [2.24, 2.45) is 10.8 Å². The Morgan fingerprint density at radius 3 is 2.62 bits per heavy atom. The molecule has 1 saturated heterocycles. The van der Waals surface area contributed by atoms with Gasteiger partial charge in [-0.3, -0.25) is 9.59 Å². The number of halogens is 1. The van der Waals surface area contributed by atoms with Crippen LogP contribution in [0.15, 0.2) is 22.7 Å². The first-order valence-corrected chi connectivity index (χ1v) is 9.26. The lowest BCUT2D eigenvalue weighted by Crippen LogP contribution is -2.43. The van der Waals surface area contributed by atoms with Gasteiger partial charge in [-0.2, -0.15) is 0 Å². The van der Waals surface area contributed by atoms with Gasteiger partial charge in [0.05, 0.1) is 0 Å². The topological polar surface area (TPSA) is 49.4 Å². The van der Waals surface area contributed by atoms with Crippen molar-refractivity contribution in [3.63, 3.8) is 0 Å². The number of likely N-dealkylation sites (tertiary alicyclic amines) is 1. The first-order chi connectivity index (χ1) is 11.1. The summed E-state index contributed by atoms with van der Waals surface area (Å²) >= 11 is 3.44. The summed E-state index contributed by atoms with van der Waals surface area (Å²) in [6, 6.07) is 5.72. The van der Waals surface area contributed by atoms with Crippen molar-refractivity contribution >= 4 is 33.4 Å². The third-order valence-electron chi connectivity index (χ3n) is 5.29. The summed E-state index contributed by atoms with van der Waals surface area (Å²) < 4.78 is 0.982. The second-order valence-corrected chi connectivity index (χ2v) is 9.42. The van der Waals surface area contributed by atoms with Crippen LogP contribution in [0.1, 0.15) is 45.6 Å². The molecular weight excluding hydrogens is 368 g/mol. The zero-order chi connectivity index (χ0) is 17.7. The molecule has 2 bridgehead atoms. The van der Waals surface area contributed by atoms with Crippen LogP contribution in [0.2, 0.25) is 0 Å². The number of nitrogens with one attached hydrogen (secondary N) is 1. The van der Waals surface area contributed by atoms with Crippen molar-refractivity contribution in [1.29, 1.82) is 0 Å². The fourth-order valence-corrected chi connectivity index (χ4v) is 4.98. The Bertz CT molecular complexity index is 701. The Balaban J connectivity index is 1.72. The van der Waals surface area contributed by atoms with Gasteiger partial charge >= 0.3 is 11.8 Å². The summed E-state index contributed by atoms with van der Waals surface area (Å²) in [6.07, 6.45) is 3.08. The standard InChI is InChI=1S/C19H25BrN2O2/c1-12-7-13(5-6-15(12)20)21-16(23)17(24)22-11-19(4)9-14(22)8-18(2,3)10-19/h5-7,14H,8-11H2,1-4H3,(H,21,23). The van der Waals surface area contributed by atoms with Crippen LogP contribution in [0.3, 0.4) is 0 Å². The number of anilines is 1. The quantitative estimate of drug-likeness (QED) is 0.730. The average Bonchev–Trinajstić information content (AvgIpc) is 2.71. The molecule has 4 nitrogen and oxygen atoms in total. The number of benzene rings is 1. The Kier molecular flexibility index (Phi) is 4.27. The lowest BCUT2D eigenvalue weighted by atomic mass is 9.65. The fourth-order valence-electron chi connectivity index (χ4n) is 4.73. The molecule has 2 amide bonds. The fraction of sp³-hybridized carbons (Fsp3) is 0.579. The van der Waals surface area contributed by atoms with E-state index in [1.807, 2.05) is 19.1 Å². The maximum Gasteiger partial charge on any atom is 0.313 e. The number of fused-ring (bicyclic) bond motifs is 2. The Morgan fingerprint density at radius 2 is 1.96 bits per heavy atom. The zero-order valence-corrected chi connectivity index (χ0v) is 16.4. The van der Waals surface area contributed by atoms with Crippen LogP contribution < -0.4 is 5.32 Å². The van der Waals surface area contributed by atoms with Gasteiger partial charge in [0.1, 0.15) is 0 Å². The Morgan fingerprint density at radius 1 is 1.25 bits per heavy atom. The molecule has 3 rings (SSSR count). The van der Waals surface area contributed by atoms with Gasteiger partial charge in [-0.15, -0.1) is 0 Å². The van der Waals surface area contributed by atoms with E-state index in [9.17, 15) is 9.59 Å². The molecule has 1 saturated carbocycles. The minimum Gasteiger partial charge on any atom is -0.331 e. The van der Waals surface area contributed by atoms with Crippen LogP contribution in [0, 0.1) is 17.8 Å². The van der Waals surface area contributed by atoms with Gasteiger partial charge in [0, 0.05) is 22.7 Å². The second-order valence-electron chi connectivity index (χ2n) is 8.56. The van der Waals surface area contributed by atoms with E-state index < -0.39 is 11.8 Å². The van der Waals surface area contributed by atoms with E-state index in [0.717, 1.165) is 29.3 Å². The molecule has 5 heteroatoms. The molecule has 2 atom stereocenters. The summed E-state index contributed by atoms with van der Waals surface area (Å²) in [6.45, 7) is 9.40. The SMILES string of the molecule is Cc1cc(NC(=O)C(=O)N2CC3(C)CC2CC(C)(C)C3)ccc1Br. The van der Waals surface area contributed by atoms with E-state index in [-0.39, 0.29) is 16.9 Å². The van der Waals surface area contributed by atoms with E-state index in [0.29, 0.717) is 12.2 Å². The third-order valence-corrected chi connectivity index (χ3v) is 6.18. The van der Waals surface area contributed by atoms with Crippen molar-refractivity contribution < 1.29 is 9.59 Å². The summed E-state index contributed by atoms with van der Waals surface area (Å²) in [5.41, 5.74) is 2.04.